The molecule has 0 saturated carbocycles. The highest BCUT2D eigenvalue weighted by Crippen LogP contribution is 2.00. The molecule has 0 aromatic heterocycles. The van der Waals surface area contributed by atoms with Crippen LogP contribution in [0.15, 0.2) is 49.2 Å². The lowest BCUT2D eigenvalue weighted by Crippen LogP contribution is -1.78. The summed E-state index contributed by atoms with van der Waals surface area (Å²) in [7, 11) is 0. The zero-order valence-corrected chi connectivity index (χ0v) is 6.94. The van der Waals surface area contributed by atoms with Gasteiger partial charge in [-0.3, -0.25) is 0 Å². The molecule has 1 rings (SSSR count). The third kappa shape index (κ3) is 3.06. The molecule has 0 fully saturated rings. The van der Waals surface area contributed by atoms with Crippen molar-refractivity contribution < 1.29 is 4.74 Å². The Morgan fingerprint density at radius 3 is 2.67 bits per heavy atom. The lowest BCUT2D eigenvalue weighted by Gasteiger charge is -1.92. The quantitative estimate of drug-likeness (QED) is 0.486. The molecule has 0 spiro atoms. The smallest absolute Gasteiger partial charge is 0.106 e. The number of hydrogen-bond acceptors (Lipinski definition) is 1. The zero-order valence-electron chi connectivity index (χ0n) is 6.94. The second kappa shape index (κ2) is 5.19. The van der Waals surface area contributed by atoms with Crippen LogP contribution in [0.5, 0.6) is 0 Å². The Morgan fingerprint density at radius 1 is 1.25 bits per heavy atom. The predicted molar refractivity (Wildman–Crippen MR) is 51.6 cm³/mol. The molecular formula is C11H12O. The van der Waals surface area contributed by atoms with Gasteiger partial charge in [-0.2, -0.15) is 0 Å². The van der Waals surface area contributed by atoms with E-state index >= 15 is 0 Å². The van der Waals surface area contributed by atoms with Gasteiger partial charge in [0.2, 0.25) is 0 Å². The largest absolute Gasteiger partial charge is 0.498 e. The number of rotatable bonds is 4. The van der Waals surface area contributed by atoms with Crippen LogP contribution in [-0.4, -0.2) is 6.61 Å². The Bertz CT molecular complexity index is 249. The molecule has 0 bridgehead atoms. The van der Waals surface area contributed by atoms with Crippen LogP contribution >= 0.6 is 0 Å². The van der Waals surface area contributed by atoms with Crippen LogP contribution in [0.1, 0.15) is 5.56 Å². The van der Waals surface area contributed by atoms with Crippen molar-refractivity contribution in [3.8, 4) is 0 Å². The third-order valence-corrected chi connectivity index (χ3v) is 1.42. The van der Waals surface area contributed by atoms with Crippen molar-refractivity contribution in [3.05, 3.63) is 54.8 Å². The summed E-state index contributed by atoms with van der Waals surface area (Å²) in [5.41, 5.74) is 1.19. The molecule has 1 nitrogen and oxygen atoms in total. The van der Waals surface area contributed by atoms with Gasteiger partial charge in [0.15, 0.2) is 0 Å². The Morgan fingerprint density at radius 2 is 2.00 bits per heavy atom. The van der Waals surface area contributed by atoms with Gasteiger partial charge in [0, 0.05) is 0 Å². The van der Waals surface area contributed by atoms with Gasteiger partial charge in [-0.1, -0.05) is 43.0 Å². The van der Waals surface area contributed by atoms with Crippen molar-refractivity contribution in [1.82, 2.24) is 0 Å². The Hall–Kier alpha value is -1.50. The van der Waals surface area contributed by atoms with Gasteiger partial charge in [0.25, 0.3) is 0 Å². The molecule has 0 aliphatic carbocycles. The van der Waals surface area contributed by atoms with E-state index in [0.29, 0.717) is 6.61 Å². The zero-order chi connectivity index (χ0) is 8.65. The SMILES string of the molecule is C=COC/C=C/c1ccccc1. The molecule has 0 unspecified atom stereocenters. The number of ether oxygens (including phenoxy) is 1. The first-order valence-electron chi connectivity index (χ1n) is 3.87. The molecule has 12 heavy (non-hydrogen) atoms. The van der Waals surface area contributed by atoms with Gasteiger partial charge in [0.05, 0.1) is 6.26 Å². The fraction of sp³-hybridized carbons (Fsp3) is 0.0909. The van der Waals surface area contributed by atoms with Gasteiger partial charge in [-0.05, 0) is 11.6 Å². The maximum absolute atomic E-state index is 4.93. The summed E-state index contributed by atoms with van der Waals surface area (Å²) in [5, 5.41) is 0. The van der Waals surface area contributed by atoms with Crippen molar-refractivity contribution in [3.63, 3.8) is 0 Å². The maximum Gasteiger partial charge on any atom is 0.106 e. The van der Waals surface area contributed by atoms with Crippen LogP contribution in [0, 0.1) is 0 Å². The Labute approximate surface area is 73.0 Å². The summed E-state index contributed by atoms with van der Waals surface area (Å²) in [6.45, 7) is 4.03. The minimum absolute atomic E-state index is 0.582. The van der Waals surface area contributed by atoms with E-state index in [1.165, 1.54) is 11.8 Å². The second-order valence-electron chi connectivity index (χ2n) is 2.31. The highest BCUT2D eigenvalue weighted by Gasteiger charge is 1.80. The minimum Gasteiger partial charge on any atom is -0.498 e. The van der Waals surface area contributed by atoms with E-state index in [1.807, 2.05) is 42.5 Å². The summed E-state index contributed by atoms with van der Waals surface area (Å²) < 4.78 is 4.93. The lowest BCUT2D eigenvalue weighted by molar-refractivity contribution is 0.292. The molecule has 0 amide bonds. The summed E-state index contributed by atoms with van der Waals surface area (Å²) in [4.78, 5) is 0. The van der Waals surface area contributed by atoms with Crippen molar-refractivity contribution >= 4 is 6.08 Å². The first-order valence-corrected chi connectivity index (χ1v) is 3.87. The standard InChI is InChI=1S/C11H12O/c1-2-12-10-6-9-11-7-4-3-5-8-11/h2-9H,1,10H2/b9-6+. The Kier molecular flexibility index (Phi) is 3.72. The molecule has 0 atom stereocenters. The van der Waals surface area contributed by atoms with E-state index in [0.717, 1.165) is 0 Å². The van der Waals surface area contributed by atoms with Crippen molar-refractivity contribution in [2.24, 2.45) is 0 Å². The van der Waals surface area contributed by atoms with Crippen LogP contribution in [0.2, 0.25) is 0 Å². The first-order chi connectivity index (χ1) is 5.93. The molecule has 0 radical (unpaired) electrons. The van der Waals surface area contributed by atoms with E-state index in [4.69, 9.17) is 4.74 Å². The highest BCUT2D eigenvalue weighted by atomic mass is 16.5. The van der Waals surface area contributed by atoms with Crippen LogP contribution in [0.25, 0.3) is 6.08 Å². The van der Waals surface area contributed by atoms with Crippen LogP contribution < -0.4 is 0 Å². The molecule has 62 valence electrons. The van der Waals surface area contributed by atoms with Gasteiger partial charge in [-0.25, -0.2) is 0 Å². The molecule has 0 heterocycles. The minimum atomic E-state index is 0.582. The van der Waals surface area contributed by atoms with E-state index in [1.54, 1.807) is 0 Å². The fourth-order valence-corrected chi connectivity index (χ4v) is 0.872. The molecule has 1 aromatic rings. The predicted octanol–water partition coefficient (Wildman–Crippen LogP) is 2.86. The highest BCUT2D eigenvalue weighted by molar-refractivity contribution is 5.48. The summed E-state index contributed by atoms with van der Waals surface area (Å²) in [5.74, 6) is 0. The molecular weight excluding hydrogens is 148 g/mol. The lowest BCUT2D eigenvalue weighted by atomic mass is 10.2. The maximum atomic E-state index is 4.93. The van der Waals surface area contributed by atoms with E-state index in [2.05, 4.69) is 6.58 Å². The summed E-state index contributed by atoms with van der Waals surface area (Å²) in [6.07, 6.45) is 5.41. The van der Waals surface area contributed by atoms with E-state index in [9.17, 15) is 0 Å². The van der Waals surface area contributed by atoms with Crippen molar-refractivity contribution in [2.45, 2.75) is 0 Å². The van der Waals surface area contributed by atoms with Crippen LogP contribution in [-0.2, 0) is 4.74 Å². The molecule has 0 saturated heterocycles. The van der Waals surface area contributed by atoms with E-state index < -0.39 is 0 Å². The van der Waals surface area contributed by atoms with Crippen LogP contribution in [0.4, 0.5) is 0 Å². The normalized spacial score (nSPS) is 10.0. The average molecular weight is 160 g/mol. The van der Waals surface area contributed by atoms with Gasteiger partial charge >= 0.3 is 0 Å². The van der Waals surface area contributed by atoms with Gasteiger partial charge in [-0.15, -0.1) is 0 Å². The van der Waals surface area contributed by atoms with Gasteiger partial charge in [0.1, 0.15) is 6.61 Å². The van der Waals surface area contributed by atoms with Crippen molar-refractivity contribution in [2.75, 3.05) is 6.61 Å². The molecule has 0 aliphatic heterocycles. The number of hydrogen-bond donors (Lipinski definition) is 0. The number of benzene rings is 1. The van der Waals surface area contributed by atoms with Gasteiger partial charge < -0.3 is 4.74 Å². The Balaban J connectivity index is 2.41. The van der Waals surface area contributed by atoms with Crippen molar-refractivity contribution in [1.29, 1.82) is 0 Å². The first kappa shape index (κ1) is 8.60. The monoisotopic (exact) mass is 160 g/mol. The van der Waals surface area contributed by atoms with E-state index in [-0.39, 0.29) is 0 Å². The van der Waals surface area contributed by atoms with Crippen LogP contribution in [0.3, 0.4) is 0 Å². The molecule has 1 aromatic carbocycles. The second-order valence-corrected chi connectivity index (χ2v) is 2.31. The third-order valence-electron chi connectivity index (χ3n) is 1.42. The molecule has 1 heteroatoms. The summed E-state index contributed by atoms with van der Waals surface area (Å²) >= 11 is 0. The molecule has 0 aliphatic rings. The molecule has 0 N–H and O–H groups in total. The topological polar surface area (TPSA) is 9.23 Å². The summed E-state index contributed by atoms with van der Waals surface area (Å²) in [6, 6.07) is 10.1. The average Bonchev–Trinajstić information content (AvgIpc) is 2.14. The fourth-order valence-electron chi connectivity index (χ4n) is 0.872.